The van der Waals surface area contributed by atoms with E-state index in [1.54, 1.807) is 0 Å². The van der Waals surface area contributed by atoms with Crippen molar-refractivity contribution in [2.24, 2.45) is 0 Å². The first-order chi connectivity index (χ1) is 7.45. The van der Waals surface area contributed by atoms with Gasteiger partial charge in [0.2, 0.25) is 0 Å². The van der Waals surface area contributed by atoms with Gasteiger partial charge in [0.25, 0.3) is 0 Å². The number of anilines is 1. The van der Waals surface area contributed by atoms with Crippen molar-refractivity contribution < 1.29 is 23.0 Å². The Balaban J connectivity index is 3.16. The number of hydrogen-bond acceptors (Lipinski definition) is 4. The number of esters is 1. The molecule has 0 unspecified atom stereocenters. The highest BCUT2D eigenvalue weighted by atomic mass is 35.5. The van der Waals surface area contributed by atoms with Crippen LogP contribution in [0.4, 0.5) is 14.5 Å². The number of carbonyl (C=O) groups excluding carboxylic acids is 1. The van der Waals surface area contributed by atoms with Crippen LogP contribution in [0.3, 0.4) is 0 Å². The molecule has 1 rings (SSSR count). The number of alkyl halides is 2. The Morgan fingerprint density at radius 1 is 1.50 bits per heavy atom. The van der Waals surface area contributed by atoms with Crippen LogP contribution >= 0.6 is 11.6 Å². The van der Waals surface area contributed by atoms with Crippen molar-refractivity contribution in [1.29, 1.82) is 0 Å². The summed E-state index contributed by atoms with van der Waals surface area (Å²) in [7, 11) is 1.14. The number of ether oxygens (including phenoxy) is 2. The van der Waals surface area contributed by atoms with E-state index < -0.39 is 12.6 Å². The average Bonchev–Trinajstić information content (AvgIpc) is 2.21. The smallest absolute Gasteiger partial charge is 0.387 e. The molecule has 1 aromatic rings. The summed E-state index contributed by atoms with van der Waals surface area (Å²) in [6, 6.07) is 2.13. The molecule has 0 amide bonds. The van der Waals surface area contributed by atoms with Gasteiger partial charge in [-0.2, -0.15) is 8.78 Å². The van der Waals surface area contributed by atoms with Crippen molar-refractivity contribution in [3.8, 4) is 5.75 Å². The molecule has 0 aliphatic carbocycles. The van der Waals surface area contributed by atoms with Crippen molar-refractivity contribution in [1.82, 2.24) is 0 Å². The van der Waals surface area contributed by atoms with Crippen molar-refractivity contribution in [3.05, 3.63) is 22.7 Å². The van der Waals surface area contributed by atoms with Gasteiger partial charge in [0.15, 0.2) is 0 Å². The quantitative estimate of drug-likeness (QED) is 0.661. The summed E-state index contributed by atoms with van der Waals surface area (Å²) < 4.78 is 32.4. The highest BCUT2D eigenvalue weighted by Gasteiger charge is 2.16. The molecule has 4 nitrogen and oxygen atoms in total. The fourth-order valence-corrected chi connectivity index (χ4v) is 1.25. The summed E-state index contributed by atoms with van der Waals surface area (Å²) in [5.74, 6) is -1.03. The first kappa shape index (κ1) is 12.5. The summed E-state index contributed by atoms with van der Waals surface area (Å²) in [5, 5.41) is -0.0569. The van der Waals surface area contributed by atoms with Crippen LogP contribution in [-0.4, -0.2) is 19.7 Å². The van der Waals surface area contributed by atoms with Crippen LogP contribution in [0.2, 0.25) is 5.02 Å². The maximum atomic E-state index is 12.0. The molecule has 0 saturated heterocycles. The molecule has 7 heteroatoms. The maximum Gasteiger partial charge on any atom is 0.387 e. The predicted octanol–water partition coefficient (Wildman–Crippen LogP) is 2.31. The first-order valence-corrected chi connectivity index (χ1v) is 4.45. The minimum atomic E-state index is -3.01. The molecule has 0 fully saturated rings. The largest absolute Gasteiger partial charge is 0.465 e. The molecule has 88 valence electrons. The SMILES string of the molecule is COC(=O)c1cc(OC(F)F)cc(Cl)c1N. The van der Waals surface area contributed by atoms with Crippen LogP contribution in [0.25, 0.3) is 0 Å². The number of methoxy groups -OCH3 is 1. The van der Waals surface area contributed by atoms with Gasteiger partial charge in [0, 0.05) is 6.07 Å². The van der Waals surface area contributed by atoms with Crippen LogP contribution in [-0.2, 0) is 4.74 Å². The van der Waals surface area contributed by atoms with Gasteiger partial charge in [-0.1, -0.05) is 11.6 Å². The van der Waals surface area contributed by atoms with Crippen molar-refractivity contribution in [2.45, 2.75) is 6.61 Å². The maximum absolute atomic E-state index is 12.0. The average molecular weight is 252 g/mol. The van der Waals surface area contributed by atoms with Gasteiger partial charge in [-0.25, -0.2) is 4.79 Å². The second-order valence-corrected chi connectivity index (χ2v) is 3.14. The lowest BCUT2D eigenvalue weighted by Gasteiger charge is -2.09. The Morgan fingerprint density at radius 3 is 2.62 bits per heavy atom. The van der Waals surface area contributed by atoms with E-state index in [-0.39, 0.29) is 22.0 Å². The monoisotopic (exact) mass is 251 g/mol. The number of nitrogen functional groups attached to an aromatic ring is 1. The molecule has 0 aliphatic heterocycles. The van der Waals surface area contributed by atoms with Crippen LogP contribution in [0.5, 0.6) is 5.75 Å². The van der Waals surface area contributed by atoms with Crippen molar-refractivity contribution >= 4 is 23.3 Å². The molecule has 0 aromatic heterocycles. The molecular weight excluding hydrogens is 244 g/mol. The third kappa shape index (κ3) is 2.73. The second kappa shape index (κ2) is 4.98. The fourth-order valence-electron chi connectivity index (χ4n) is 1.04. The Labute approximate surface area is 94.9 Å². The number of carbonyl (C=O) groups is 1. The summed E-state index contributed by atoms with van der Waals surface area (Å²) in [4.78, 5) is 11.2. The summed E-state index contributed by atoms with van der Waals surface area (Å²) in [6.45, 7) is -3.01. The molecule has 0 atom stereocenters. The van der Waals surface area contributed by atoms with Gasteiger partial charge in [-0.05, 0) is 6.07 Å². The molecule has 16 heavy (non-hydrogen) atoms. The molecule has 1 aromatic carbocycles. The molecular formula is C9H8ClF2NO3. The number of nitrogens with two attached hydrogens (primary N) is 1. The van der Waals surface area contributed by atoms with Gasteiger partial charge < -0.3 is 15.2 Å². The molecule has 0 heterocycles. The Morgan fingerprint density at radius 2 is 2.12 bits per heavy atom. The molecule has 0 bridgehead atoms. The molecule has 0 saturated carbocycles. The van der Waals surface area contributed by atoms with Gasteiger partial charge >= 0.3 is 12.6 Å². The van der Waals surface area contributed by atoms with Gasteiger partial charge in [-0.15, -0.1) is 0 Å². The van der Waals surface area contributed by atoms with Crippen molar-refractivity contribution in [3.63, 3.8) is 0 Å². The third-order valence-corrected chi connectivity index (χ3v) is 2.05. The third-order valence-electron chi connectivity index (χ3n) is 1.73. The van der Waals surface area contributed by atoms with E-state index in [9.17, 15) is 13.6 Å². The zero-order chi connectivity index (χ0) is 12.3. The summed E-state index contributed by atoms with van der Waals surface area (Å²) in [5.41, 5.74) is 5.32. The fraction of sp³-hybridized carbons (Fsp3) is 0.222. The van der Waals surface area contributed by atoms with E-state index in [1.807, 2.05) is 0 Å². The van der Waals surface area contributed by atoms with E-state index in [2.05, 4.69) is 9.47 Å². The van der Waals surface area contributed by atoms with Gasteiger partial charge in [0.1, 0.15) is 5.75 Å². The second-order valence-electron chi connectivity index (χ2n) is 2.74. The predicted molar refractivity (Wildman–Crippen MR) is 53.8 cm³/mol. The lowest BCUT2D eigenvalue weighted by Crippen LogP contribution is -2.08. The minimum absolute atomic E-state index is 0.0462. The van der Waals surface area contributed by atoms with E-state index in [0.717, 1.165) is 19.2 Å². The standard InChI is InChI=1S/C9H8ClF2NO3/c1-15-8(14)5-2-4(16-9(11)12)3-6(10)7(5)13/h2-3,9H,13H2,1H3. The zero-order valence-electron chi connectivity index (χ0n) is 8.17. The number of halogens is 3. The molecule has 2 N–H and O–H groups in total. The van der Waals surface area contributed by atoms with Crippen molar-refractivity contribution in [2.75, 3.05) is 12.8 Å². The summed E-state index contributed by atoms with van der Waals surface area (Å²) in [6.07, 6.45) is 0. The van der Waals surface area contributed by atoms with Crippen LogP contribution in [0.1, 0.15) is 10.4 Å². The Bertz CT molecular complexity index is 412. The van der Waals surface area contributed by atoms with E-state index >= 15 is 0 Å². The first-order valence-electron chi connectivity index (χ1n) is 4.08. The topological polar surface area (TPSA) is 61.5 Å². The Kier molecular flexibility index (Phi) is 3.89. The number of hydrogen-bond donors (Lipinski definition) is 1. The highest BCUT2D eigenvalue weighted by molar-refractivity contribution is 6.34. The van der Waals surface area contributed by atoms with Crippen LogP contribution < -0.4 is 10.5 Å². The number of rotatable bonds is 3. The molecule has 0 aliphatic rings. The lowest BCUT2D eigenvalue weighted by atomic mass is 10.1. The normalized spacial score (nSPS) is 10.3. The minimum Gasteiger partial charge on any atom is -0.465 e. The summed E-state index contributed by atoms with van der Waals surface area (Å²) >= 11 is 5.65. The van der Waals surface area contributed by atoms with Crippen LogP contribution in [0, 0.1) is 0 Å². The Hall–Kier alpha value is -1.56. The van der Waals surface area contributed by atoms with Gasteiger partial charge in [-0.3, -0.25) is 0 Å². The highest BCUT2D eigenvalue weighted by Crippen LogP contribution is 2.30. The van der Waals surface area contributed by atoms with E-state index in [0.29, 0.717) is 0 Å². The molecule has 0 radical (unpaired) electrons. The molecule has 0 spiro atoms. The van der Waals surface area contributed by atoms with Crippen LogP contribution in [0.15, 0.2) is 12.1 Å². The van der Waals surface area contributed by atoms with E-state index in [4.69, 9.17) is 17.3 Å². The van der Waals surface area contributed by atoms with Gasteiger partial charge in [0.05, 0.1) is 23.4 Å². The number of benzene rings is 1. The van der Waals surface area contributed by atoms with E-state index in [1.165, 1.54) is 0 Å². The zero-order valence-corrected chi connectivity index (χ0v) is 8.92. The lowest BCUT2D eigenvalue weighted by molar-refractivity contribution is -0.0499.